The van der Waals surface area contributed by atoms with Crippen molar-refractivity contribution in [3.63, 3.8) is 0 Å². The Balaban J connectivity index is 1.78. The molecule has 3 heterocycles. The number of methoxy groups -OCH3 is 1. The molecule has 1 aliphatic heterocycles. The molecule has 0 spiro atoms. The molecule has 1 unspecified atom stereocenters. The van der Waals surface area contributed by atoms with Gasteiger partial charge in [0, 0.05) is 57.4 Å². The van der Waals surface area contributed by atoms with Crippen LogP contribution in [-0.4, -0.2) is 54.4 Å². The van der Waals surface area contributed by atoms with Gasteiger partial charge in [-0.1, -0.05) is 0 Å². The Morgan fingerprint density at radius 1 is 1.57 bits per heavy atom. The van der Waals surface area contributed by atoms with Gasteiger partial charge in [0.15, 0.2) is 10.8 Å². The maximum atomic E-state index is 9.32. The van der Waals surface area contributed by atoms with Gasteiger partial charge < -0.3 is 20.1 Å². The van der Waals surface area contributed by atoms with Gasteiger partial charge in [-0.05, 0) is 6.42 Å². The first-order chi connectivity index (χ1) is 10.3. The lowest BCUT2D eigenvalue weighted by atomic mass is 10.1. The summed E-state index contributed by atoms with van der Waals surface area (Å²) in [5, 5.41) is 14.8. The Hall–Kier alpha value is -1.15. The zero-order valence-electron chi connectivity index (χ0n) is 12.3. The number of hydrogen-bond donors (Lipinski definition) is 2. The van der Waals surface area contributed by atoms with Gasteiger partial charge in [0.1, 0.15) is 0 Å². The zero-order chi connectivity index (χ0) is 14.7. The van der Waals surface area contributed by atoms with Gasteiger partial charge in [0.25, 0.3) is 0 Å². The molecule has 21 heavy (non-hydrogen) atoms. The Labute approximate surface area is 128 Å². The summed E-state index contributed by atoms with van der Waals surface area (Å²) in [6, 6.07) is 0. The second-order valence-corrected chi connectivity index (χ2v) is 6.26. The van der Waals surface area contributed by atoms with Crippen molar-refractivity contribution in [2.45, 2.75) is 13.0 Å². The van der Waals surface area contributed by atoms with Gasteiger partial charge in [0.2, 0.25) is 0 Å². The number of rotatable bonds is 7. The summed E-state index contributed by atoms with van der Waals surface area (Å²) in [5.74, 6) is 1.43. The highest BCUT2D eigenvalue weighted by atomic mass is 32.1. The van der Waals surface area contributed by atoms with Gasteiger partial charge in [-0.15, -0.1) is 11.3 Å². The minimum absolute atomic E-state index is 0.264. The third-order valence-corrected chi connectivity index (χ3v) is 4.72. The normalized spacial score (nSPS) is 19.0. The Morgan fingerprint density at radius 3 is 3.24 bits per heavy atom. The number of ether oxygens (including phenoxy) is 1. The molecule has 1 aliphatic rings. The van der Waals surface area contributed by atoms with E-state index in [2.05, 4.69) is 26.2 Å². The number of hydrogen-bond acceptors (Lipinski definition) is 6. The van der Waals surface area contributed by atoms with E-state index in [1.165, 1.54) is 5.69 Å². The molecule has 0 aliphatic carbocycles. The van der Waals surface area contributed by atoms with Crippen molar-refractivity contribution in [3.8, 4) is 0 Å². The SMILES string of the molecule is COCCNCc1c(N2CCC(CO)C2)nc2sccn12. The van der Waals surface area contributed by atoms with Crippen LogP contribution in [-0.2, 0) is 11.3 Å². The number of nitrogens with one attached hydrogen (secondary N) is 1. The zero-order valence-corrected chi connectivity index (χ0v) is 13.1. The third kappa shape index (κ3) is 3.06. The van der Waals surface area contributed by atoms with E-state index in [1.807, 2.05) is 0 Å². The largest absolute Gasteiger partial charge is 0.396 e. The summed E-state index contributed by atoms with van der Waals surface area (Å²) in [4.78, 5) is 8.11. The van der Waals surface area contributed by atoms with Crippen molar-refractivity contribution in [1.82, 2.24) is 14.7 Å². The quantitative estimate of drug-likeness (QED) is 0.746. The predicted octanol–water partition coefficient (Wildman–Crippen LogP) is 0.950. The molecular formula is C14H22N4O2S. The molecule has 2 aromatic heterocycles. The van der Waals surface area contributed by atoms with Gasteiger partial charge in [-0.25, -0.2) is 4.98 Å². The fourth-order valence-electron chi connectivity index (χ4n) is 2.79. The Kier molecular flexibility index (Phi) is 4.74. The number of thiazole rings is 1. The van der Waals surface area contributed by atoms with Crippen molar-refractivity contribution >= 4 is 22.1 Å². The van der Waals surface area contributed by atoms with Gasteiger partial charge in [-0.3, -0.25) is 4.40 Å². The lowest BCUT2D eigenvalue weighted by Crippen LogP contribution is -2.25. The number of nitrogens with zero attached hydrogens (tertiary/aromatic N) is 3. The molecule has 2 aromatic rings. The third-order valence-electron chi connectivity index (χ3n) is 3.96. The van der Waals surface area contributed by atoms with E-state index in [0.29, 0.717) is 12.5 Å². The second-order valence-electron chi connectivity index (χ2n) is 5.39. The summed E-state index contributed by atoms with van der Waals surface area (Å²) in [7, 11) is 1.71. The highest BCUT2D eigenvalue weighted by Crippen LogP contribution is 2.29. The molecule has 116 valence electrons. The van der Waals surface area contributed by atoms with E-state index < -0.39 is 0 Å². The Bertz CT molecular complexity index is 583. The van der Waals surface area contributed by atoms with E-state index in [9.17, 15) is 5.11 Å². The number of aromatic nitrogens is 2. The van der Waals surface area contributed by atoms with Gasteiger partial charge >= 0.3 is 0 Å². The van der Waals surface area contributed by atoms with Crippen molar-refractivity contribution < 1.29 is 9.84 Å². The highest BCUT2D eigenvalue weighted by molar-refractivity contribution is 7.15. The van der Waals surface area contributed by atoms with Gasteiger partial charge in [-0.2, -0.15) is 0 Å². The monoisotopic (exact) mass is 310 g/mol. The summed E-state index contributed by atoms with van der Waals surface area (Å²) in [6.07, 6.45) is 3.11. The molecule has 0 amide bonds. The van der Waals surface area contributed by atoms with Crippen LogP contribution in [0.3, 0.4) is 0 Å². The maximum Gasteiger partial charge on any atom is 0.195 e. The molecule has 0 aromatic carbocycles. The number of aliphatic hydroxyl groups is 1. The molecule has 1 fully saturated rings. The first-order valence-electron chi connectivity index (χ1n) is 7.33. The van der Waals surface area contributed by atoms with E-state index in [1.54, 1.807) is 18.4 Å². The van der Waals surface area contributed by atoms with Crippen molar-refractivity contribution in [3.05, 3.63) is 17.3 Å². The van der Waals surface area contributed by atoms with Crippen LogP contribution in [0, 0.1) is 5.92 Å². The summed E-state index contributed by atoms with van der Waals surface area (Å²) >= 11 is 1.65. The van der Waals surface area contributed by atoms with Crippen LogP contribution in [0.1, 0.15) is 12.1 Å². The molecular weight excluding hydrogens is 288 g/mol. The van der Waals surface area contributed by atoms with Crippen LogP contribution in [0.4, 0.5) is 5.82 Å². The molecule has 0 radical (unpaired) electrons. The number of fused-ring (bicyclic) bond motifs is 1. The lowest BCUT2D eigenvalue weighted by molar-refractivity contribution is 0.199. The maximum absolute atomic E-state index is 9.32. The lowest BCUT2D eigenvalue weighted by Gasteiger charge is -2.17. The molecule has 7 heteroatoms. The topological polar surface area (TPSA) is 62.0 Å². The fourth-order valence-corrected chi connectivity index (χ4v) is 3.52. The highest BCUT2D eigenvalue weighted by Gasteiger charge is 2.26. The summed E-state index contributed by atoms with van der Waals surface area (Å²) in [5.41, 5.74) is 1.20. The minimum Gasteiger partial charge on any atom is -0.396 e. The summed E-state index contributed by atoms with van der Waals surface area (Å²) < 4.78 is 7.23. The average Bonchev–Trinajstić information content (AvgIpc) is 3.19. The van der Waals surface area contributed by atoms with Crippen LogP contribution < -0.4 is 10.2 Å². The summed E-state index contributed by atoms with van der Waals surface area (Å²) in [6.45, 7) is 4.44. The first-order valence-corrected chi connectivity index (χ1v) is 8.21. The first kappa shape index (κ1) is 14.8. The average molecular weight is 310 g/mol. The smallest absolute Gasteiger partial charge is 0.195 e. The standard InChI is InChI=1S/C14H22N4O2S/c1-20-6-3-15-8-12-13(16-14-18(12)5-7-21-14)17-4-2-11(9-17)10-19/h5,7,11,15,19H,2-4,6,8-10H2,1H3. The van der Waals surface area contributed by atoms with Gasteiger partial charge in [0.05, 0.1) is 12.3 Å². The molecule has 1 saturated heterocycles. The van der Waals surface area contributed by atoms with E-state index in [-0.39, 0.29) is 6.61 Å². The molecule has 3 rings (SSSR count). The van der Waals surface area contributed by atoms with Crippen LogP contribution in [0.5, 0.6) is 0 Å². The molecule has 0 bridgehead atoms. The molecule has 6 nitrogen and oxygen atoms in total. The van der Waals surface area contributed by atoms with Crippen LogP contribution in [0.2, 0.25) is 0 Å². The predicted molar refractivity (Wildman–Crippen MR) is 84.1 cm³/mol. The number of anilines is 1. The number of imidazole rings is 1. The Morgan fingerprint density at radius 2 is 2.48 bits per heavy atom. The van der Waals surface area contributed by atoms with Crippen LogP contribution in [0.25, 0.3) is 4.96 Å². The van der Waals surface area contributed by atoms with Crippen molar-refractivity contribution in [2.75, 3.05) is 44.9 Å². The number of aliphatic hydroxyl groups excluding tert-OH is 1. The fraction of sp³-hybridized carbons (Fsp3) is 0.643. The van der Waals surface area contributed by atoms with Crippen molar-refractivity contribution in [1.29, 1.82) is 0 Å². The van der Waals surface area contributed by atoms with Crippen LogP contribution >= 0.6 is 11.3 Å². The molecule has 0 saturated carbocycles. The van der Waals surface area contributed by atoms with Crippen LogP contribution in [0.15, 0.2) is 11.6 Å². The minimum atomic E-state index is 0.264. The molecule has 1 atom stereocenters. The van der Waals surface area contributed by atoms with E-state index >= 15 is 0 Å². The molecule has 2 N–H and O–H groups in total. The second kappa shape index (κ2) is 6.74. The van der Waals surface area contributed by atoms with E-state index in [4.69, 9.17) is 9.72 Å². The van der Waals surface area contributed by atoms with E-state index in [0.717, 1.165) is 43.4 Å². The van der Waals surface area contributed by atoms with Crippen molar-refractivity contribution in [2.24, 2.45) is 5.92 Å².